The zero-order valence-corrected chi connectivity index (χ0v) is 11.0. The molecule has 19 heavy (non-hydrogen) atoms. The lowest BCUT2D eigenvalue weighted by atomic mass is 9.74. The molecule has 0 aromatic carbocycles. The summed E-state index contributed by atoms with van der Waals surface area (Å²) < 4.78 is 28.7. The molecule has 2 N–H and O–H groups in total. The van der Waals surface area contributed by atoms with Gasteiger partial charge in [-0.05, 0) is 12.8 Å². The second kappa shape index (κ2) is 7.25. The molecule has 7 heteroatoms. The first-order valence-electron chi connectivity index (χ1n) is 6.38. The summed E-state index contributed by atoms with van der Waals surface area (Å²) in [5.41, 5.74) is -0.713. The van der Waals surface area contributed by atoms with Crippen LogP contribution in [0.4, 0.5) is 13.6 Å². The summed E-state index contributed by atoms with van der Waals surface area (Å²) in [5, 5.41) is 4.52. The van der Waals surface area contributed by atoms with Gasteiger partial charge in [0.2, 0.25) is 0 Å². The first-order valence-corrected chi connectivity index (χ1v) is 6.38. The summed E-state index contributed by atoms with van der Waals surface area (Å²) in [6, 6.07) is -0.686. The Bertz CT molecular complexity index is 318. The van der Waals surface area contributed by atoms with Gasteiger partial charge in [0.05, 0.1) is 19.1 Å². The number of amides is 2. The summed E-state index contributed by atoms with van der Waals surface area (Å²) in [5.74, 6) is -0.346. The Kier molecular flexibility index (Phi) is 5.98. The van der Waals surface area contributed by atoms with Crippen LogP contribution in [0.3, 0.4) is 0 Å². The number of esters is 1. The highest BCUT2D eigenvalue weighted by atomic mass is 19.3. The summed E-state index contributed by atoms with van der Waals surface area (Å²) in [4.78, 5) is 23.2. The Morgan fingerprint density at radius 2 is 1.84 bits per heavy atom. The van der Waals surface area contributed by atoms with Crippen LogP contribution in [-0.2, 0) is 9.53 Å². The molecule has 0 heterocycles. The van der Waals surface area contributed by atoms with Gasteiger partial charge in [-0.25, -0.2) is 13.6 Å². The molecular weight excluding hydrogens is 258 g/mol. The van der Waals surface area contributed by atoms with Crippen molar-refractivity contribution in [3.8, 4) is 0 Å². The normalized spacial score (nSPS) is 17.9. The molecule has 0 aromatic rings. The van der Waals surface area contributed by atoms with Crippen LogP contribution < -0.4 is 10.6 Å². The van der Waals surface area contributed by atoms with Crippen LogP contribution in [0.5, 0.6) is 0 Å². The number of halogens is 2. The fraction of sp³-hybridized carbons (Fsp3) is 0.833. The van der Waals surface area contributed by atoms with E-state index in [2.05, 4.69) is 5.32 Å². The quantitative estimate of drug-likeness (QED) is 0.752. The Hall–Kier alpha value is -1.40. The highest BCUT2D eigenvalue weighted by Crippen LogP contribution is 2.36. The van der Waals surface area contributed by atoms with E-state index in [1.165, 1.54) is 7.11 Å². The van der Waals surface area contributed by atoms with Gasteiger partial charge in [0, 0.05) is 6.54 Å². The summed E-state index contributed by atoms with van der Waals surface area (Å²) in [6.07, 6.45) is 1.56. The maximum absolute atomic E-state index is 11.9. The molecule has 0 saturated heterocycles. The Morgan fingerprint density at radius 1 is 1.21 bits per heavy atom. The fourth-order valence-electron chi connectivity index (χ4n) is 2.38. The Labute approximate surface area is 111 Å². The molecular formula is C12H20F2N2O3. The van der Waals surface area contributed by atoms with Crippen LogP contribution in [0.1, 0.15) is 32.1 Å². The van der Waals surface area contributed by atoms with Crippen molar-refractivity contribution in [2.24, 2.45) is 5.41 Å². The predicted octanol–water partition coefficient (Wildman–Crippen LogP) is 1.67. The molecule has 1 aliphatic rings. The van der Waals surface area contributed by atoms with E-state index in [1.54, 1.807) is 0 Å². The van der Waals surface area contributed by atoms with Crippen LogP contribution in [0, 0.1) is 5.41 Å². The third kappa shape index (κ3) is 4.65. The smallest absolute Gasteiger partial charge is 0.315 e. The first kappa shape index (κ1) is 15.7. The second-order valence-corrected chi connectivity index (χ2v) is 4.79. The van der Waals surface area contributed by atoms with E-state index >= 15 is 0 Å². The van der Waals surface area contributed by atoms with Crippen molar-refractivity contribution in [1.29, 1.82) is 0 Å². The third-order valence-corrected chi connectivity index (χ3v) is 3.43. The number of ether oxygens (including phenoxy) is 1. The molecule has 0 atom stereocenters. The molecule has 1 saturated carbocycles. The van der Waals surface area contributed by atoms with Crippen LogP contribution in [0.2, 0.25) is 0 Å². The Morgan fingerprint density at radius 3 is 2.37 bits per heavy atom. The van der Waals surface area contributed by atoms with Crippen molar-refractivity contribution in [2.45, 2.75) is 38.5 Å². The SMILES string of the molecule is COC(=O)C1(CNC(=O)NCC(F)F)CCCCC1. The minimum absolute atomic E-state index is 0.120. The van der Waals surface area contributed by atoms with E-state index in [0.717, 1.165) is 19.3 Å². The summed E-state index contributed by atoms with van der Waals surface area (Å²) in [6.45, 7) is -0.578. The number of rotatable bonds is 5. The zero-order valence-electron chi connectivity index (χ0n) is 11.0. The number of nitrogens with one attached hydrogen (secondary N) is 2. The second-order valence-electron chi connectivity index (χ2n) is 4.79. The molecule has 0 spiro atoms. The number of carbonyl (C=O) groups excluding carboxylic acids is 2. The van der Waals surface area contributed by atoms with Crippen molar-refractivity contribution < 1.29 is 23.1 Å². The van der Waals surface area contributed by atoms with Gasteiger partial charge < -0.3 is 15.4 Å². The molecule has 1 aliphatic carbocycles. The highest BCUT2D eigenvalue weighted by molar-refractivity contribution is 5.79. The van der Waals surface area contributed by atoms with Crippen LogP contribution in [-0.4, -0.2) is 38.6 Å². The number of methoxy groups -OCH3 is 1. The van der Waals surface area contributed by atoms with Gasteiger partial charge in [0.1, 0.15) is 0 Å². The minimum Gasteiger partial charge on any atom is -0.469 e. The number of hydrogen-bond acceptors (Lipinski definition) is 3. The molecule has 0 aliphatic heterocycles. The number of hydrogen-bond donors (Lipinski definition) is 2. The number of alkyl halides is 2. The van der Waals surface area contributed by atoms with Crippen molar-refractivity contribution in [1.82, 2.24) is 10.6 Å². The van der Waals surface area contributed by atoms with Gasteiger partial charge in [-0.15, -0.1) is 0 Å². The van der Waals surface area contributed by atoms with Gasteiger partial charge in [0.25, 0.3) is 6.43 Å². The highest BCUT2D eigenvalue weighted by Gasteiger charge is 2.40. The fourth-order valence-corrected chi connectivity index (χ4v) is 2.38. The molecule has 1 rings (SSSR count). The summed E-state index contributed by atoms with van der Waals surface area (Å²) in [7, 11) is 1.32. The van der Waals surface area contributed by atoms with Crippen LogP contribution >= 0.6 is 0 Å². The lowest BCUT2D eigenvalue weighted by molar-refractivity contribution is -0.154. The van der Waals surface area contributed by atoms with E-state index in [-0.39, 0.29) is 12.5 Å². The van der Waals surface area contributed by atoms with Crippen molar-refractivity contribution in [3.05, 3.63) is 0 Å². The van der Waals surface area contributed by atoms with E-state index in [1.807, 2.05) is 5.32 Å². The maximum atomic E-state index is 11.9. The van der Waals surface area contributed by atoms with Gasteiger partial charge >= 0.3 is 12.0 Å². The first-order chi connectivity index (χ1) is 9.00. The largest absolute Gasteiger partial charge is 0.469 e. The number of urea groups is 1. The molecule has 2 amide bonds. The number of carbonyl (C=O) groups is 2. The molecule has 110 valence electrons. The van der Waals surface area contributed by atoms with Crippen LogP contribution in [0.15, 0.2) is 0 Å². The lowest BCUT2D eigenvalue weighted by Gasteiger charge is -2.34. The lowest BCUT2D eigenvalue weighted by Crippen LogP contribution is -2.48. The molecule has 0 aromatic heterocycles. The van der Waals surface area contributed by atoms with E-state index in [9.17, 15) is 18.4 Å². The monoisotopic (exact) mass is 278 g/mol. The van der Waals surface area contributed by atoms with E-state index in [0.29, 0.717) is 12.8 Å². The van der Waals surface area contributed by atoms with Crippen molar-refractivity contribution in [3.63, 3.8) is 0 Å². The average molecular weight is 278 g/mol. The van der Waals surface area contributed by atoms with Gasteiger partial charge in [-0.1, -0.05) is 19.3 Å². The van der Waals surface area contributed by atoms with Crippen molar-refractivity contribution >= 4 is 12.0 Å². The van der Waals surface area contributed by atoms with Crippen LogP contribution in [0.25, 0.3) is 0 Å². The average Bonchev–Trinajstić information content (AvgIpc) is 2.43. The van der Waals surface area contributed by atoms with Gasteiger partial charge in [-0.3, -0.25) is 4.79 Å². The Balaban J connectivity index is 2.49. The standard InChI is InChI=1S/C12H20F2N2O3/c1-19-10(17)12(5-3-2-4-6-12)8-16-11(18)15-7-9(13)14/h9H,2-8H2,1H3,(H2,15,16,18). The van der Waals surface area contributed by atoms with Crippen molar-refractivity contribution in [2.75, 3.05) is 20.2 Å². The topological polar surface area (TPSA) is 67.4 Å². The molecule has 0 radical (unpaired) electrons. The predicted molar refractivity (Wildman–Crippen MR) is 64.9 cm³/mol. The van der Waals surface area contributed by atoms with E-state index in [4.69, 9.17) is 4.74 Å². The summed E-state index contributed by atoms with van der Waals surface area (Å²) >= 11 is 0. The zero-order chi connectivity index (χ0) is 14.3. The van der Waals surface area contributed by atoms with E-state index < -0.39 is 24.4 Å². The van der Waals surface area contributed by atoms with Gasteiger partial charge in [0.15, 0.2) is 0 Å². The molecule has 0 unspecified atom stereocenters. The molecule has 5 nitrogen and oxygen atoms in total. The molecule has 1 fully saturated rings. The minimum atomic E-state index is -2.59. The van der Waals surface area contributed by atoms with Gasteiger partial charge in [-0.2, -0.15) is 0 Å². The third-order valence-electron chi connectivity index (χ3n) is 3.43. The molecule has 0 bridgehead atoms. The maximum Gasteiger partial charge on any atom is 0.315 e.